The topological polar surface area (TPSA) is 28.2 Å². The minimum atomic E-state index is 0.910. The van der Waals surface area contributed by atoms with Gasteiger partial charge in [0.15, 0.2) is 0 Å². The molecule has 0 unspecified atom stereocenters. The molecular formula is C17H23N3. The highest BCUT2D eigenvalue weighted by Gasteiger charge is 2.03. The quantitative estimate of drug-likeness (QED) is 0.835. The lowest BCUT2D eigenvalue weighted by atomic mass is 10.2. The maximum absolute atomic E-state index is 4.38. The van der Waals surface area contributed by atoms with Crippen LogP contribution >= 0.6 is 0 Å². The van der Waals surface area contributed by atoms with Crippen LogP contribution in [0, 0.1) is 6.92 Å². The molecule has 1 heterocycles. The van der Waals surface area contributed by atoms with Gasteiger partial charge in [-0.25, -0.2) is 0 Å². The summed E-state index contributed by atoms with van der Waals surface area (Å²) < 4.78 is 0. The third kappa shape index (κ3) is 4.67. The Morgan fingerprint density at radius 1 is 1.10 bits per heavy atom. The predicted octanol–water partition coefficient (Wildman–Crippen LogP) is 3.32. The lowest BCUT2D eigenvalue weighted by Gasteiger charge is -2.20. The van der Waals surface area contributed by atoms with Crippen molar-refractivity contribution in [3.63, 3.8) is 0 Å². The van der Waals surface area contributed by atoms with E-state index in [4.69, 9.17) is 0 Å². The summed E-state index contributed by atoms with van der Waals surface area (Å²) in [4.78, 5) is 6.77. The molecule has 0 atom stereocenters. The average molecular weight is 269 g/mol. The van der Waals surface area contributed by atoms with Crippen LogP contribution in [-0.4, -0.2) is 29.5 Å². The molecule has 1 N–H and O–H groups in total. The number of anilines is 1. The molecule has 0 fully saturated rings. The van der Waals surface area contributed by atoms with Gasteiger partial charge >= 0.3 is 0 Å². The lowest BCUT2D eigenvalue weighted by Crippen LogP contribution is -2.28. The molecule has 0 radical (unpaired) electrons. The van der Waals surface area contributed by atoms with E-state index in [1.54, 1.807) is 0 Å². The first kappa shape index (κ1) is 14.5. The van der Waals surface area contributed by atoms with Gasteiger partial charge in [-0.3, -0.25) is 9.88 Å². The van der Waals surface area contributed by atoms with E-state index in [1.165, 1.54) is 11.3 Å². The fourth-order valence-electron chi connectivity index (χ4n) is 2.10. The van der Waals surface area contributed by atoms with Gasteiger partial charge in [-0.05, 0) is 37.7 Å². The van der Waals surface area contributed by atoms with E-state index in [9.17, 15) is 0 Å². The second kappa shape index (κ2) is 7.65. The van der Waals surface area contributed by atoms with Crippen molar-refractivity contribution in [3.05, 3.63) is 59.9 Å². The Balaban J connectivity index is 1.78. The molecule has 3 heteroatoms. The number of hydrogen-bond donors (Lipinski definition) is 1. The monoisotopic (exact) mass is 269 g/mol. The number of nitrogens with zero attached hydrogens (tertiary/aromatic N) is 2. The molecule has 3 nitrogen and oxygen atoms in total. The highest BCUT2D eigenvalue weighted by atomic mass is 15.1. The molecule has 106 valence electrons. The summed E-state index contributed by atoms with van der Waals surface area (Å²) in [6.07, 6.45) is 1.85. The number of rotatable bonds is 7. The minimum Gasteiger partial charge on any atom is -0.384 e. The Labute approximate surface area is 121 Å². The van der Waals surface area contributed by atoms with Gasteiger partial charge in [0.25, 0.3) is 0 Å². The van der Waals surface area contributed by atoms with Crippen LogP contribution in [0.15, 0.2) is 48.7 Å². The largest absolute Gasteiger partial charge is 0.384 e. The van der Waals surface area contributed by atoms with Gasteiger partial charge in [-0.15, -0.1) is 0 Å². The average Bonchev–Trinajstić information content (AvgIpc) is 2.49. The number of nitrogens with one attached hydrogen (secondary N) is 1. The summed E-state index contributed by atoms with van der Waals surface area (Å²) >= 11 is 0. The van der Waals surface area contributed by atoms with Gasteiger partial charge in [-0.2, -0.15) is 0 Å². The third-order valence-electron chi connectivity index (χ3n) is 3.37. The molecule has 0 saturated heterocycles. The van der Waals surface area contributed by atoms with E-state index in [-0.39, 0.29) is 0 Å². The number of aryl methyl sites for hydroxylation is 1. The van der Waals surface area contributed by atoms with E-state index in [2.05, 4.69) is 59.4 Å². The molecule has 0 aliphatic heterocycles. The standard InChI is InChI=1S/C17H23N3/c1-3-20(14-17-6-4-5-11-18-17)13-12-19-16-9-7-15(2)8-10-16/h4-11,19H,3,12-14H2,1-2H3. The Morgan fingerprint density at radius 3 is 2.55 bits per heavy atom. The van der Waals surface area contributed by atoms with Crippen LogP contribution in [0.5, 0.6) is 0 Å². The molecule has 0 aliphatic carbocycles. The van der Waals surface area contributed by atoms with Gasteiger partial charge < -0.3 is 5.32 Å². The van der Waals surface area contributed by atoms with Crippen LogP contribution in [0.1, 0.15) is 18.2 Å². The summed E-state index contributed by atoms with van der Waals surface area (Å²) in [5.41, 5.74) is 3.61. The van der Waals surface area contributed by atoms with Crippen molar-refractivity contribution in [3.8, 4) is 0 Å². The van der Waals surface area contributed by atoms with Crippen LogP contribution in [0.2, 0.25) is 0 Å². The summed E-state index contributed by atoms with van der Waals surface area (Å²) in [5, 5.41) is 3.46. The molecule has 2 rings (SSSR count). The zero-order chi connectivity index (χ0) is 14.2. The zero-order valence-corrected chi connectivity index (χ0v) is 12.3. The molecule has 1 aromatic heterocycles. The number of pyridine rings is 1. The molecule has 0 bridgehead atoms. The maximum atomic E-state index is 4.38. The van der Waals surface area contributed by atoms with Gasteiger partial charge in [0.1, 0.15) is 0 Å². The maximum Gasteiger partial charge on any atom is 0.0543 e. The highest BCUT2D eigenvalue weighted by molar-refractivity contribution is 5.44. The van der Waals surface area contributed by atoms with Crippen molar-refractivity contribution >= 4 is 5.69 Å². The predicted molar refractivity (Wildman–Crippen MR) is 84.9 cm³/mol. The van der Waals surface area contributed by atoms with Crippen LogP contribution in [0.3, 0.4) is 0 Å². The Hall–Kier alpha value is -1.87. The fraction of sp³-hybridized carbons (Fsp3) is 0.353. The SMILES string of the molecule is CCN(CCNc1ccc(C)cc1)Cc1ccccn1. The second-order valence-electron chi connectivity index (χ2n) is 4.98. The summed E-state index contributed by atoms with van der Waals surface area (Å²) in [6, 6.07) is 14.6. The second-order valence-corrected chi connectivity index (χ2v) is 4.98. The van der Waals surface area contributed by atoms with Crippen molar-refractivity contribution in [2.45, 2.75) is 20.4 Å². The summed E-state index contributed by atoms with van der Waals surface area (Å²) in [6.45, 7) is 8.20. The van der Waals surface area contributed by atoms with E-state index < -0.39 is 0 Å². The molecule has 20 heavy (non-hydrogen) atoms. The Kier molecular flexibility index (Phi) is 5.56. The van der Waals surface area contributed by atoms with Gasteiger partial charge in [0.2, 0.25) is 0 Å². The van der Waals surface area contributed by atoms with E-state index in [0.717, 1.165) is 31.9 Å². The number of likely N-dealkylation sites (N-methyl/N-ethyl adjacent to an activating group) is 1. The zero-order valence-electron chi connectivity index (χ0n) is 12.3. The first-order chi connectivity index (χ1) is 9.78. The van der Waals surface area contributed by atoms with E-state index >= 15 is 0 Å². The van der Waals surface area contributed by atoms with Gasteiger partial charge in [-0.1, -0.05) is 30.7 Å². The first-order valence-electron chi connectivity index (χ1n) is 7.20. The van der Waals surface area contributed by atoms with E-state index in [0.29, 0.717) is 0 Å². The molecule has 0 amide bonds. The van der Waals surface area contributed by atoms with Crippen molar-refractivity contribution in [2.24, 2.45) is 0 Å². The summed E-state index contributed by atoms with van der Waals surface area (Å²) in [7, 11) is 0. The molecule has 2 aromatic rings. The molecule has 1 aromatic carbocycles. The normalized spacial score (nSPS) is 10.8. The molecule has 0 aliphatic rings. The van der Waals surface area contributed by atoms with Crippen molar-refractivity contribution < 1.29 is 0 Å². The summed E-state index contributed by atoms with van der Waals surface area (Å²) in [5.74, 6) is 0. The van der Waals surface area contributed by atoms with Crippen molar-refractivity contribution in [1.82, 2.24) is 9.88 Å². The smallest absolute Gasteiger partial charge is 0.0543 e. The van der Waals surface area contributed by atoms with Crippen molar-refractivity contribution in [1.29, 1.82) is 0 Å². The highest BCUT2D eigenvalue weighted by Crippen LogP contribution is 2.08. The number of aromatic nitrogens is 1. The van der Waals surface area contributed by atoms with Gasteiger partial charge in [0.05, 0.1) is 5.69 Å². The molecule has 0 spiro atoms. The fourth-order valence-corrected chi connectivity index (χ4v) is 2.10. The van der Waals surface area contributed by atoms with Crippen LogP contribution in [-0.2, 0) is 6.54 Å². The van der Waals surface area contributed by atoms with Crippen LogP contribution in [0.25, 0.3) is 0 Å². The Bertz CT molecular complexity index is 493. The lowest BCUT2D eigenvalue weighted by molar-refractivity contribution is 0.287. The number of benzene rings is 1. The minimum absolute atomic E-state index is 0.910. The molecule has 0 saturated carbocycles. The number of hydrogen-bond acceptors (Lipinski definition) is 3. The van der Waals surface area contributed by atoms with Gasteiger partial charge in [0, 0.05) is 31.5 Å². The van der Waals surface area contributed by atoms with Crippen LogP contribution in [0.4, 0.5) is 5.69 Å². The Morgan fingerprint density at radius 2 is 1.90 bits per heavy atom. The first-order valence-corrected chi connectivity index (χ1v) is 7.20. The van der Waals surface area contributed by atoms with Crippen molar-refractivity contribution in [2.75, 3.05) is 25.0 Å². The van der Waals surface area contributed by atoms with Crippen LogP contribution < -0.4 is 5.32 Å². The van der Waals surface area contributed by atoms with E-state index in [1.807, 2.05) is 18.3 Å². The third-order valence-corrected chi connectivity index (χ3v) is 3.37. The molecular weight excluding hydrogens is 246 g/mol.